The minimum atomic E-state index is -0.405. The maximum atomic E-state index is 14.2. The molecule has 0 aliphatic carbocycles. The average molecular weight is 344 g/mol. The molecule has 25 heavy (non-hydrogen) atoms. The molecule has 0 aliphatic heterocycles. The van der Waals surface area contributed by atoms with Crippen LogP contribution in [0.15, 0.2) is 65.8 Å². The molecule has 0 aliphatic rings. The van der Waals surface area contributed by atoms with Crippen molar-refractivity contribution in [3.63, 3.8) is 0 Å². The summed E-state index contributed by atoms with van der Waals surface area (Å²) in [7, 11) is 0. The van der Waals surface area contributed by atoms with E-state index in [9.17, 15) is 4.39 Å². The number of thiocarbonyl (C=S) groups is 1. The van der Waals surface area contributed by atoms with Crippen molar-refractivity contribution in [1.29, 1.82) is 0 Å². The fourth-order valence-corrected chi connectivity index (χ4v) is 2.35. The van der Waals surface area contributed by atoms with Crippen molar-refractivity contribution in [2.45, 2.75) is 6.92 Å². The van der Waals surface area contributed by atoms with Crippen LogP contribution in [0.5, 0.6) is 0 Å². The number of nitrogens with zero attached hydrogens (tertiary/aromatic N) is 2. The van der Waals surface area contributed by atoms with Crippen molar-refractivity contribution in [2.75, 3.05) is 0 Å². The summed E-state index contributed by atoms with van der Waals surface area (Å²) >= 11 is 4.49. The van der Waals surface area contributed by atoms with E-state index >= 15 is 0 Å². The Kier molecular flexibility index (Phi) is 5.11. The molecule has 1 aromatic heterocycles. The molecule has 0 bridgehead atoms. The van der Waals surface area contributed by atoms with E-state index in [2.05, 4.69) is 39.2 Å². The molecule has 4 heteroatoms. The largest absolute Gasteiger partial charge is 0.236 e. The molecule has 0 fully saturated rings. The highest BCUT2D eigenvalue weighted by Crippen LogP contribution is 2.24. The summed E-state index contributed by atoms with van der Waals surface area (Å²) in [4.78, 5) is 7.72. The van der Waals surface area contributed by atoms with E-state index in [-0.39, 0.29) is 5.82 Å². The number of aryl methyl sites for hydroxylation is 1. The third-order valence-corrected chi connectivity index (χ3v) is 3.69. The summed E-state index contributed by atoms with van der Waals surface area (Å²) in [5.74, 6) is 6.02. The number of aliphatic imine (C=N–C) groups is 1. The molecule has 2 nitrogen and oxygen atoms in total. The van der Waals surface area contributed by atoms with Crippen LogP contribution in [0.2, 0.25) is 0 Å². The number of hydrogen-bond donors (Lipinski definition) is 0. The summed E-state index contributed by atoms with van der Waals surface area (Å²) in [6.45, 7) is 2.04. The van der Waals surface area contributed by atoms with Crippen LogP contribution in [-0.2, 0) is 0 Å². The van der Waals surface area contributed by atoms with E-state index < -0.39 is 5.82 Å². The zero-order valence-corrected chi connectivity index (χ0v) is 14.3. The second-order valence-corrected chi connectivity index (χ2v) is 5.60. The van der Waals surface area contributed by atoms with Gasteiger partial charge in [-0.25, -0.2) is 9.37 Å². The van der Waals surface area contributed by atoms with Gasteiger partial charge in [0.05, 0.1) is 5.16 Å². The van der Waals surface area contributed by atoms with Gasteiger partial charge in [-0.1, -0.05) is 41.7 Å². The molecule has 0 N–H and O–H groups in total. The lowest BCUT2D eigenvalue weighted by atomic mass is 10.0. The zero-order valence-electron chi connectivity index (χ0n) is 13.5. The summed E-state index contributed by atoms with van der Waals surface area (Å²) in [5.41, 5.74) is 4.15. The third-order valence-electron chi connectivity index (χ3n) is 3.60. The molecular formula is C21H13FN2S. The average Bonchev–Trinajstić information content (AvgIpc) is 2.62. The number of isothiocyanates is 1. The van der Waals surface area contributed by atoms with Crippen LogP contribution in [0.25, 0.3) is 11.1 Å². The number of rotatable bonds is 2. The Morgan fingerprint density at radius 1 is 0.960 bits per heavy atom. The van der Waals surface area contributed by atoms with Gasteiger partial charge in [0.1, 0.15) is 5.82 Å². The summed E-state index contributed by atoms with van der Waals surface area (Å²) in [5, 5.41) is 2.17. The van der Waals surface area contributed by atoms with E-state index in [1.165, 1.54) is 17.8 Å². The van der Waals surface area contributed by atoms with Gasteiger partial charge in [0, 0.05) is 29.0 Å². The van der Waals surface area contributed by atoms with Crippen molar-refractivity contribution >= 4 is 23.2 Å². The van der Waals surface area contributed by atoms with Crippen molar-refractivity contribution in [1.82, 2.24) is 4.98 Å². The van der Waals surface area contributed by atoms with Gasteiger partial charge in [0.15, 0.2) is 5.82 Å². The van der Waals surface area contributed by atoms with E-state index in [4.69, 9.17) is 0 Å². The topological polar surface area (TPSA) is 25.2 Å². The number of benzene rings is 2. The van der Waals surface area contributed by atoms with Crippen LogP contribution >= 0.6 is 12.2 Å². The van der Waals surface area contributed by atoms with Crippen LogP contribution in [0.3, 0.4) is 0 Å². The van der Waals surface area contributed by atoms with Crippen LogP contribution in [0.4, 0.5) is 10.2 Å². The highest BCUT2D eigenvalue weighted by atomic mass is 32.1. The lowest BCUT2D eigenvalue weighted by molar-refractivity contribution is 0.629. The first-order valence-electron chi connectivity index (χ1n) is 7.58. The molecule has 0 unspecified atom stereocenters. The monoisotopic (exact) mass is 344 g/mol. The van der Waals surface area contributed by atoms with Crippen molar-refractivity contribution in [3.8, 4) is 23.0 Å². The summed E-state index contributed by atoms with van der Waals surface area (Å²) in [6.07, 6.45) is 1.44. The molecule has 0 saturated heterocycles. The third kappa shape index (κ3) is 4.24. The Morgan fingerprint density at radius 3 is 2.12 bits per heavy atom. The van der Waals surface area contributed by atoms with Crippen LogP contribution in [0, 0.1) is 24.6 Å². The lowest BCUT2D eigenvalue weighted by Crippen LogP contribution is -1.87. The van der Waals surface area contributed by atoms with E-state index in [0.717, 1.165) is 16.7 Å². The fraction of sp³-hybridized carbons (Fsp3) is 0.0476. The number of pyridine rings is 1. The molecule has 0 atom stereocenters. The van der Waals surface area contributed by atoms with Gasteiger partial charge in [0.25, 0.3) is 0 Å². The van der Waals surface area contributed by atoms with E-state index in [1.807, 2.05) is 55.5 Å². The summed E-state index contributed by atoms with van der Waals surface area (Å²) in [6, 6.07) is 16.6. The maximum Gasteiger partial charge on any atom is 0.165 e. The summed E-state index contributed by atoms with van der Waals surface area (Å²) < 4.78 is 14.2. The molecule has 2 aromatic carbocycles. The molecular weight excluding hydrogens is 331 g/mol. The van der Waals surface area contributed by atoms with Gasteiger partial charge in [-0.2, -0.15) is 4.99 Å². The first-order chi connectivity index (χ1) is 12.2. The van der Waals surface area contributed by atoms with Crippen LogP contribution < -0.4 is 0 Å². The minimum absolute atomic E-state index is 0.205. The van der Waals surface area contributed by atoms with Gasteiger partial charge in [-0.15, -0.1) is 0 Å². The Hall–Kier alpha value is -3.12. The van der Waals surface area contributed by atoms with Gasteiger partial charge in [-0.05, 0) is 49.0 Å². The van der Waals surface area contributed by atoms with Gasteiger partial charge in [-0.3, -0.25) is 0 Å². The minimum Gasteiger partial charge on any atom is -0.236 e. The predicted octanol–water partition coefficient (Wildman–Crippen LogP) is 5.33. The predicted molar refractivity (Wildman–Crippen MR) is 101 cm³/mol. The van der Waals surface area contributed by atoms with Crippen molar-refractivity contribution < 1.29 is 4.39 Å². The van der Waals surface area contributed by atoms with E-state index in [0.29, 0.717) is 5.56 Å². The highest BCUT2D eigenvalue weighted by Gasteiger charge is 2.07. The van der Waals surface area contributed by atoms with Crippen molar-refractivity contribution in [3.05, 3.63) is 83.3 Å². The standard InChI is InChI=1S/C21H13FN2S/c1-15-2-4-16(5-3-15)6-7-17-8-10-18(11-9-17)19-13-23-21(24-14-25)12-20(19)22/h2-5,8-13H,1H3. The SMILES string of the molecule is Cc1ccc(C#Cc2ccc(-c3cnc(N=C=S)cc3F)cc2)cc1. The van der Waals surface area contributed by atoms with Crippen LogP contribution in [-0.4, -0.2) is 10.1 Å². The first kappa shape index (κ1) is 16.7. The maximum absolute atomic E-state index is 14.2. The van der Waals surface area contributed by atoms with E-state index in [1.54, 1.807) is 0 Å². The molecule has 0 radical (unpaired) electrons. The lowest BCUT2D eigenvalue weighted by Gasteiger charge is -2.03. The second kappa shape index (κ2) is 7.63. The molecule has 0 amide bonds. The van der Waals surface area contributed by atoms with Gasteiger partial charge < -0.3 is 0 Å². The molecule has 120 valence electrons. The zero-order chi connectivity index (χ0) is 17.6. The molecule has 3 aromatic rings. The molecule has 1 heterocycles. The number of hydrogen-bond acceptors (Lipinski definition) is 3. The normalized spacial score (nSPS) is 9.68. The quantitative estimate of drug-likeness (QED) is 0.357. The smallest absolute Gasteiger partial charge is 0.165 e. The Bertz CT molecular complexity index is 1010. The highest BCUT2D eigenvalue weighted by molar-refractivity contribution is 7.78. The first-order valence-corrected chi connectivity index (χ1v) is 7.99. The van der Waals surface area contributed by atoms with Gasteiger partial charge in [0.2, 0.25) is 0 Å². The Morgan fingerprint density at radius 2 is 1.56 bits per heavy atom. The van der Waals surface area contributed by atoms with Crippen molar-refractivity contribution in [2.24, 2.45) is 4.99 Å². The van der Waals surface area contributed by atoms with Crippen LogP contribution in [0.1, 0.15) is 16.7 Å². The molecule has 3 rings (SSSR count). The number of aromatic nitrogens is 1. The Labute approximate surface area is 151 Å². The fourth-order valence-electron chi connectivity index (χ4n) is 2.26. The molecule has 0 saturated carbocycles. The number of halogens is 1. The Balaban J connectivity index is 1.83. The second-order valence-electron chi connectivity index (χ2n) is 5.42. The van der Waals surface area contributed by atoms with Gasteiger partial charge >= 0.3 is 0 Å². The molecule has 0 spiro atoms.